The lowest BCUT2D eigenvalue weighted by Crippen LogP contribution is -2.48. The molecule has 0 spiro atoms. The maximum atomic E-state index is 13.1. The fourth-order valence-electron chi connectivity index (χ4n) is 2.92. The lowest BCUT2D eigenvalue weighted by atomic mass is 10.0. The Hall–Kier alpha value is -4.04. The summed E-state index contributed by atoms with van der Waals surface area (Å²) in [7, 11) is 0. The predicted octanol–water partition coefficient (Wildman–Crippen LogP) is 3.04. The van der Waals surface area contributed by atoms with E-state index in [-0.39, 0.29) is 29.1 Å². The van der Waals surface area contributed by atoms with E-state index in [9.17, 15) is 24.8 Å². The van der Waals surface area contributed by atoms with Gasteiger partial charge in [-0.25, -0.2) is 4.90 Å². The molecule has 2 amide bonds. The van der Waals surface area contributed by atoms with Crippen molar-refractivity contribution in [2.75, 3.05) is 4.90 Å². The van der Waals surface area contributed by atoms with Crippen LogP contribution in [-0.2, 0) is 11.2 Å². The van der Waals surface area contributed by atoms with Crippen LogP contribution in [0.3, 0.4) is 0 Å². The van der Waals surface area contributed by atoms with E-state index in [2.05, 4.69) is 0 Å². The fraction of sp³-hybridized carbons (Fsp3) is 0.0909. The van der Waals surface area contributed by atoms with Crippen LogP contribution in [-0.4, -0.2) is 27.9 Å². The lowest BCUT2D eigenvalue weighted by Gasteiger charge is -2.24. The number of non-ortho nitro benzene ring substituents is 1. The Bertz CT molecular complexity index is 1050. The van der Waals surface area contributed by atoms with E-state index in [0.717, 1.165) is 4.90 Å². The standard InChI is InChI=1S/C22H19N3O5/c23-20(14-15-6-12-19(26)13-7-15)22(28)24(21(27)16-4-2-1-3-5-16)17-8-10-18(11-9-17)25(29)30/h1-13,20,26H,14,23H2/t20-/m0/s1. The second kappa shape index (κ2) is 8.97. The number of anilines is 1. The molecule has 0 bridgehead atoms. The van der Waals surface area contributed by atoms with E-state index in [4.69, 9.17) is 5.73 Å². The second-order valence-corrected chi connectivity index (χ2v) is 6.60. The van der Waals surface area contributed by atoms with E-state index in [1.54, 1.807) is 42.5 Å². The number of rotatable bonds is 6. The highest BCUT2D eigenvalue weighted by Gasteiger charge is 2.29. The quantitative estimate of drug-likeness (QED) is 0.479. The third-order valence-electron chi connectivity index (χ3n) is 4.47. The molecule has 8 nitrogen and oxygen atoms in total. The Balaban J connectivity index is 1.93. The highest BCUT2D eigenvalue weighted by Crippen LogP contribution is 2.23. The van der Waals surface area contributed by atoms with Crippen LogP contribution in [0.5, 0.6) is 5.75 Å². The molecule has 0 saturated heterocycles. The van der Waals surface area contributed by atoms with Gasteiger partial charge in [-0.3, -0.25) is 19.7 Å². The summed E-state index contributed by atoms with van der Waals surface area (Å²) in [6, 6.07) is 18.5. The minimum Gasteiger partial charge on any atom is -0.508 e. The van der Waals surface area contributed by atoms with Gasteiger partial charge >= 0.3 is 0 Å². The van der Waals surface area contributed by atoms with Crippen LogP contribution in [0.2, 0.25) is 0 Å². The van der Waals surface area contributed by atoms with Crippen LogP contribution in [0.1, 0.15) is 15.9 Å². The molecule has 0 radical (unpaired) electrons. The maximum Gasteiger partial charge on any atom is 0.269 e. The number of phenols is 1. The van der Waals surface area contributed by atoms with Gasteiger partial charge in [-0.2, -0.15) is 0 Å². The SMILES string of the molecule is N[C@@H](Cc1ccc(O)cc1)C(=O)N(C(=O)c1ccccc1)c1ccc([N+](=O)[O-])cc1. The number of hydrogen-bond acceptors (Lipinski definition) is 6. The molecule has 8 heteroatoms. The van der Waals surface area contributed by atoms with Crippen LogP contribution < -0.4 is 10.6 Å². The van der Waals surface area contributed by atoms with Gasteiger partial charge in [0.15, 0.2) is 0 Å². The Morgan fingerprint density at radius 1 is 0.967 bits per heavy atom. The monoisotopic (exact) mass is 405 g/mol. The number of phenolic OH excluding ortho intramolecular Hbond substituents is 1. The van der Waals surface area contributed by atoms with Crippen molar-refractivity contribution in [3.05, 3.63) is 100 Å². The number of nitro benzene ring substituents is 1. The molecular weight excluding hydrogens is 386 g/mol. The highest BCUT2D eigenvalue weighted by atomic mass is 16.6. The minimum atomic E-state index is -1.04. The first kappa shape index (κ1) is 20.7. The van der Waals surface area contributed by atoms with E-state index in [1.165, 1.54) is 36.4 Å². The summed E-state index contributed by atoms with van der Waals surface area (Å²) in [6.07, 6.45) is 0.144. The largest absolute Gasteiger partial charge is 0.508 e. The summed E-state index contributed by atoms with van der Waals surface area (Å²) in [6.45, 7) is 0. The van der Waals surface area contributed by atoms with Gasteiger partial charge in [-0.15, -0.1) is 0 Å². The number of aromatic hydroxyl groups is 1. The lowest BCUT2D eigenvalue weighted by molar-refractivity contribution is -0.384. The first-order valence-electron chi connectivity index (χ1n) is 9.08. The molecule has 0 aliphatic rings. The first-order valence-corrected chi connectivity index (χ1v) is 9.08. The molecule has 0 aliphatic carbocycles. The van der Waals surface area contributed by atoms with Gasteiger partial charge in [0.05, 0.1) is 16.7 Å². The van der Waals surface area contributed by atoms with Gasteiger partial charge in [0.1, 0.15) is 5.75 Å². The average Bonchev–Trinajstić information content (AvgIpc) is 2.76. The Kier molecular flexibility index (Phi) is 6.19. The number of amides is 2. The van der Waals surface area contributed by atoms with Crippen molar-refractivity contribution in [1.29, 1.82) is 0 Å². The minimum absolute atomic E-state index is 0.0883. The van der Waals surface area contributed by atoms with Crippen molar-refractivity contribution >= 4 is 23.2 Å². The zero-order valence-electron chi connectivity index (χ0n) is 15.8. The summed E-state index contributed by atoms with van der Waals surface area (Å²) >= 11 is 0. The molecule has 3 N–H and O–H groups in total. The Morgan fingerprint density at radius 3 is 2.13 bits per heavy atom. The molecule has 152 valence electrons. The smallest absolute Gasteiger partial charge is 0.269 e. The van der Waals surface area contributed by atoms with Crippen LogP contribution in [0.4, 0.5) is 11.4 Å². The number of nitrogens with zero attached hydrogens (tertiary/aromatic N) is 2. The van der Waals surface area contributed by atoms with Crippen molar-refractivity contribution in [3.63, 3.8) is 0 Å². The number of nitro groups is 1. The molecule has 0 aliphatic heterocycles. The molecule has 0 unspecified atom stereocenters. The van der Waals surface area contributed by atoms with Crippen LogP contribution in [0.25, 0.3) is 0 Å². The molecule has 3 aromatic carbocycles. The van der Waals surface area contributed by atoms with Crippen molar-refractivity contribution in [2.24, 2.45) is 5.73 Å². The molecule has 0 fully saturated rings. The van der Waals surface area contributed by atoms with Crippen LogP contribution >= 0.6 is 0 Å². The third-order valence-corrected chi connectivity index (χ3v) is 4.47. The maximum absolute atomic E-state index is 13.1. The summed E-state index contributed by atoms with van der Waals surface area (Å²) in [5, 5.41) is 20.3. The predicted molar refractivity (Wildman–Crippen MR) is 111 cm³/mol. The zero-order chi connectivity index (χ0) is 21.7. The van der Waals surface area contributed by atoms with Crippen molar-refractivity contribution < 1.29 is 19.6 Å². The summed E-state index contributed by atoms with van der Waals surface area (Å²) in [4.78, 5) is 37.5. The Labute approximate surface area is 172 Å². The second-order valence-electron chi connectivity index (χ2n) is 6.60. The van der Waals surface area contributed by atoms with E-state index in [0.29, 0.717) is 5.56 Å². The molecule has 3 aromatic rings. The number of hydrogen-bond donors (Lipinski definition) is 2. The van der Waals surface area contributed by atoms with E-state index in [1.807, 2.05) is 0 Å². The van der Waals surface area contributed by atoms with E-state index < -0.39 is 22.8 Å². The molecule has 0 aromatic heterocycles. The van der Waals surface area contributed by atoms with Gasteiger partial charge < -0.3 is 10.8 Å². The average molecular weight is 405 g/mol. The highest BCUT2D eigenvalue weighted by molar-refractivity contribution is 6.22. The number of carbonyl (C=O) groups is 2. The number of carbonyl (C=O) groups excluding carboxylic acids is 2. The van der Waals surface area contributed by atoms with Gasteiger partial charge in [0.25, 0.3) is 17.5 Å². The summed E-state index contributed by atoms with van der Waals surface area (Å²) in [5.41, 5.74) is 7.12. The van der Waals surface area contributed by atoms with Gasteiger partial charge in [-0.05, 0) is 48.4 Å². The molecule has 1 atom stereocenters. The van der Waals surface area contributed by atoms with Gasteiger partial charge in [0, 0.05) is 17.7 Å². The number of nitrogens with two attached hydrogens (primary N) is 1. The number of benzene rings is 3. The molecular formula is C22H19N3O5. The van der Waals surface area contributed by atoms with E-state index >= 15 is 0 Å². The Morgan fingerprint density at radius 2 is 1.57 bits per heavy atom. The third kappa shape index (κ3) is 4.68. The van der Waals surface area contributed by atoms with Crippen molar-refractivity contribution in [2.45, 2.75) is 12.5 Å². The van der Waals surface area contributed by atoms with Crippen LogP contribution in [0, 0.1) is 10.1 Å². The topological polar surface area (TPSA) is 127 Å². The van der Waals surface area contributed by atoms with Crippen molar-refractivity contribution in [3.8, 4) is 5.75 Å². The molecule has 30 heavy (non-hydrogen) atoms. The molecule has 0 heterocycles. The zero-order valence-corrected chi connectivity index (χ0v) is 15.8. The summed E-state index contributed by atoms with van der Waals surface area (Å²) < 4.78 is 0. The summed E-state index contributed by atoms with van der Waals surface area (Å²) in [5.74, 6) is -1.15. The van der Waals surface area contributed by atoms with Gasteiger partial charge in [-0.1, -0.05) is 30.3 Å². The van der Waals surface area contributed by atoms with Gasteiger partial charge in [0.2, 0.25) is 0 Å². The molecule has 0 saturated carbocycles. The normalized spacial score (nSPS) is 11.5. The molecule has 3 rings (SSSR count). The number of imide groups is 1. The first-order chi connectivity index (χ1) is 14.4. The van der Waals surface area contributed by atoms with Crippen LogP contribution in [0.15, 0.2) is 78.9 Å². The fourth-order valence-corrected chi connectivity index (χ4v) is 2.92. The van der Waals surface area contributed by atoms with Crippen molar-refractivity contribution in [1.82, 2.24) is 0 Å².